The van der Waals surface area contributed by atoms with Crippen molar-refractivity contribution in [1.29, 1.82) is 0 Å². The molecule has 1 nitrogen and oxygen atoms in total. The maximum atomic E-state index is 11.9. The number of nitrogens with two attached hydrogens (primary N) is 1. The molecule has 1 rings (SSSR count). The van der Waals surface area contributed by atoms with E-state index in [-0.39, 0.29) is 6.04 Å². The van der Waals surface area contributed by atoms with Gasteiger partial charge in [-0.3, -0.25) is 0 Å². The van der Waals surface area contributed by atoms with E-state index in [0.717, 1.165) is 6.42 Å². The van der Waals surface area contributed by atoms with Gasteiger partial charge in [0.25, 0.3) is 0 Å². The lowest BCUT2D eigenvalue weighted by molar-refractivity contribution is 0.0800. The van der Waals surface area contributed by atoms with Crippen molar-refractivity contribution >= 4 is 0 Å². The smallest absolute Gasteiger partial charge is 0.241 e. The standard InChI is InChI=1S/C6H11F2N/c7-6(8)4-1-2-5(9)3-4/h4-6H,1-3,9H2. The van der Waals surface area contributed by atoms with Crippen molar-refractivity contribution < 1.29 is 8.78 Å². The van der Waals surface area contributed by atoms with Crippen molar-refractivity contribution in [2.45, 2.75) is 31.7 Å². The molecule has 0 spiro atoms. The first-order chi connectivity index (χ1) is 4.20. The van der Waals surface area contributed by atoms with E-state index in [1.807, 2.05) is 0 Å². The summed E-state index contributed by atoms with van der Waals surface area (Å²) in [7, 11) is 0. The average Bonchev–Trinajstić information content (AvgIpc) is 2.14. The maximum absolute atomic E-state index is 11.9. The minimum absolute atomic E-state index is 0.0315. The highest BCUT2D eigenvalue weighted by Gasteiger charge is 2.28. The summed E-state index contributed by atoms with van der Waals surface area (Å²) in [5.41, 5.74) is 5.43. The molecule has 0 aromatic carbocycles. The van der Waals surface area contributed by atoms with Gasteiger partial charge in [0, 0.05) is 12.0 Å². The van der Waals surface area contributed by atoms with Gasteiger partial charge in [0.1, 0.15) is 0 Å². The lowest BCUT2D eigenvalue weighted by Crippen LogP contribution is -2.16. The van der Waals surface area contributed by atoms with Crippen LogP contribution in [0.4, 0.5) is 8.78 Å². The largest absolute Gasteiger partial charge is 0.328 e. The van der Waals surface area contributed by atoms with E-state index >= 15 is 0 Å². The highest BCUT2D eigenvalue weighted by Crippen LogP contribution is 2.28. The van der Waals surface area contributed by atoms with Gasteiger partial charge in [0.05, 0.1) is 0 Å². The van der Waals surface area contributed by atoms with Crippen LogP contribution in [0.2, 0.25) is 0 Å². The molecule has 0 aromatic heterocycles. The molecule has 2 unspecified atom stereocenters. The predicted octanol–water partition coefficient (Wildman–Crippen LogP) is 1.38. The third kappa shape index (κ3) is 1.61. The van der Waals surface area contributed by atoms with Gasteiger partial charge in [0.2, 0.25) is 6.43 Å². The SMILES string of the molecule is NC1CCC(C(F)F)C1. The van der Waals surface area contributed by atoms with E-state index in [0.29, 0.717) is 12.8 Å². The molecular weight excluding hydrogens is 124 g/mol. The van der Waals surface area contributed by atoms with Gasteiger partial charge in [0.15, 0.2) is 0 Å². The highest BCUT2D eigenvalue weighted by atomic mass is 19.3. The summed E-state index contributed by atoms with van der Waals surface area (Å²) in [6.07, 6.45) is -0.260. The number of hydrogen-bond donors (Lipinski definition) is 1. The molecule has 1 aliphatic carbocycles. The van der Waals surface area contributed by atoms with Crippen molar-refractivity contribution in [3.8, 4) is 0 Å². The van der Waals surface area contributed by atoms with Gasteiger partial charge >= 0.3 is 0 Å². The van der Waals surface area contributed by atoms with Crippen LogP contribution in [-0.2, 0) is 0 Å². The first kappa shape index (κ1) is 6.93. The zero-order valence-corrected chi connectivity index (χ0v) is 5.19. The molecule has 1 aliphatic rings. The summed E-state index contributed by atoms with van der Waals surface area (Å²) in [4.78, 5) is 0. The maximum Gasteiger partial charge on any atom is 0.241 e. The van der Waals surface area contributed by atoms with Gasteiger partial charge in [-0.15, -0.1) is 0 Å². The van der Waals surface area contributed by atoms with Crippen molar-refractivity contribution in [2.24, 2.45) is 11.7 Å². The fourth-order valence-electron chi connectivity index (χ4n) is 1.28. The molecule has 0 saturated heterocycles. The van der Waals surface area contributed by atoms with Gasteiger partial charge < -0.3 is 5.73 Å². The Morgan fingerprint density at radius 2 is 2.00 bits per heavy atom. The van der Waals surface area contributed by atoms with Crippen LogP contribution in [0.5, 0.6) is 0 Å². The van der Waals surface area contributed by atoms with Gasteiger partial charge in [-0.1, -0.05) is 0 Å². The van der Waals surface area contributed by atoms with Gasteiger partial charge in [-0.2, -0.15) is 0 Å². The summed E-state index contributed by atoms with van der Waals surface area (Å²) in [6, 6.07) is 0.0315. The third-order valence-corrected chi connectivity index (χ3v) is 1.87. The Bertz CT molecular complexity index is 95.1. The molecule has 0 amide bonds. The summed E-state index contributed by atoms with van der Waals surface area (Å²) in [5, 5.41) is 0. The fraction of sp³-hybridized carbons (Fsp3) is 1.00. The lowest BCUT2D eigenvalue weighted by Gasteiger charge is -2.05. The van der Waals surface area contributed by atoms with Crippen molar-refractivity contribution in [2.75, 3.05) is 0 Å². The van der Waals surface area contributed by atoms with Crippen LogP contribution in [0.25, 0.3) is 0 Å². The van der Waals surface area contributed by atoms with Crippen LogP contribution in [0.1, 0.15) is 19.3 Å². The van der Waals surface area contributed by atoms with E-state index in [2.05, 4.69) is 0 Å². The van der Waals surface area contributed by atoms with Gasteiger partial charge in [-0.25, -0.2) is 8.78 Å². The second-order valence-corrected chi connectivity index (χ2v) is 2.67. The first-order valence-corrected chi connectivity index (χ1v) is 3.24. The molecule has 3 heteroatoms. The number of rotatable bonds is 1. The molecule has 2 atom stereocenters. The molecule has 0 aliphatic heterocycles. The Morgan fingerprint density at radius 1 is 1.33 bits per heavy atom. The number of alkyl halides is 2. The minimum atomic E-state index is -2.15. The highest BCUT2D eigenvalue weighted by molar-refractivity contribution is 4.78. The van der Waals surface area contributed by atoms with Crippen molar-refractivity contribution in [3.63, 3.8) is 0 Å². The zero-order valence-electron chi connectivity index (χ0n) is 5.19. The molecule has 54 valence electrons. The summed E-state index contributed by atoms with van der Waals surface area (Å²) in [5.74, 6) is -0.417. The van der Waals surface area contributed by atoms with Crippen LogP contribution in [0.3, 0.4) is 0 Å². The van der Waals surface area contributed by atoms with E-state index in [4.69, 9.17) is 5.73 Å². The molecule has 1 saturated carbocycles. The summed E-state index contributed by atoms with van der Waals surface area (Å²) >= 11 is 0. The van der Waals surface area contributed by atoms with Gasteiger partial charge in [-0.05, 0) is 19.3 Å². The fourth-order valence-corrected chi connectivity index (χ4v) is 1.28. The topological polar surface area (TPSA) is 26.0 Å². The van der Waals surface area contributed by atoms with Crippen molar-refractivity contribution in [1.82, 2.24) is 0 Å². The molecule has 0 aromatic rings. The quantitative estimate of drug-likeness (QED) is 0.577. The summed E-state index contributed by atoms with van der Waals surface area (Å²) in [6.45, 7) is 0. The van der Waals surface area contributed by atoms with E-state index in [9.17, 15) is 8.78 Å². The first-order valence-electron chi connectivity index (χ1n) is 3.24. The Labute approximate surface area is 53.2 Å². The van der Waals surface area contributed by atoms with Crippen LogP contribution in [0.15, 0.2) is 0 Å². The second-order valence-electron chi connectivity index (χ2n) is 2.67. The molecule has 2 N–H and O–H groups in total. The van der Waals surface area contributed by atoms with E-state index in [1.165, 1.54) is 0 Å². The molecule has 0 bridgehead atoms. The van der Waals surface area contributed by atoms with Crippen LogP contribution in [0, 0.1) is 5.92 Å². The van der Waals surface area contributed by atoms with Crippen LogP contribution < -0.4 is 5.73 Å². The molecule has 0 heterocycles. The minimum Gasteiger partial charge on any atom is -0.328 e. The normalized spacial score (nSPS) is 36.0. The van der Waals surface area contributed by atoms with E-state index in [1.54, 1.807) is 0 Å². The van der Waals surface area contributed by atoms with E-state index < -0.39 is 12.3 Å². The monoisotopic (exact) mass is 135 g/mol. The Balaban J connectivity index is 2.30. The average molecular weight is 135 g/mol. The molecular formula is C6H11F2N. The summed E-state index contributed by atoms with van der Waals surface area (Å²) < 4.78 is 23.7. The second kappa shape index (κ2) is 2.60. The molecule has 1 fully saturated rings. The van der Waals surface area contributed by atoms with Crippen LogP contribution >= 0.6 is 0 Å². The Morgan fingerprint density at radius 3 is 2.22 bits per heavy atom. The third-order valence-electron chi connectivity index (χ3n) is 1.87. The Kier molecular flexibility index (Phi) is 2.01. The number of halogens is 2. The zero-order chi connectivity index (χ0) is 6.85. The lowest BCUT2D eigenvalue weighted by atomic mass is 10.1. The molecule has 9 heavy (non-hydrogen) atoms. The predicted molar refractivity (Wildman–Crippen MR) is 31.3 cm³/mol. The Hall–Kier alpha value is -0.180. The van der Waals surface area contributed by atoms with Crippen molar-refractivity contribution in [3.05, 3.63) is 0 Å². The molecule has 0 radical (unpaired) electrons. The number of hydrogen-bond acceptors (Lipinski definition) is 1. The van der Waals surface area contributed by atoms with Crippen LogP contribution in [-0.4, -0.2) is 12.5 Å².